The first kappa shape index (κ1) is 47.9. The molecule has 0 amide bonds. The van der Waals surface area contributed by atoms with Crippen molar-refractivity contribution < 1.29 is 19.1 Å². The minimum Gasteiger partial charge on any atom is -0.465 e. The first-order valence-corrected chi connectivity index (χ1v) is 22.5. The zero-order chi connectivity index (χ0) is 37.7. The van der Waals surface area contributed by atoms with Crippen LogP contribution in [0.1, 0.15) is 209 Å². The van der Waals surface area contributed by atoms with Crippen LogP contribution in [0.3, 0.4) is 0 Å². The molecule has 0 N–H and O–H groups in total. The van der Waals surface area contributed by atoms with Gasteiger partial charge < -0.3 is 14.4 Å². The standard InChI is InChI=1S/C46H89NO4/c1-38(2)29-31-43(40(5)6)36-50-45(48)27-21-17-13-9-11-15-19-25-42(35-47-33-23-24-34-47)26-20-16-12-10-14-18-22-28-46(49)51-37-44(41(7)8)32-30-39(3)4/h38-44H,9-37H2,1-8H3. The van der Waals surface area contributed by atoms with E-state index in [0.717, 1.165) is 44.4 Å². The molecule has 0 aromatic rings. The lowest BCUT2D eigenvalue weighted by atomic mass is 9.89. The van der Waals surface area contributed by atoms with Gasteiger partial charge in [0.05, 0.1) is 13.2 Å². The molecule has 1 saturated heterocycles. The highest BCUT2D eigenvalue weighted by atomic mass is 16.5. The fourth-order valence-corrected chi connectivity index (χ4v) is 7.69. The molecule has 0 radical (unpaired) electrons. The number of ether oxygens (including phenoxy) is 2. The predicted molar refractivity (Wildman–Crippen MR) is 219 cm³/mol. The summed E-state index contributed by atoms with van der Waals surface area (Å²) < 4.78 is 11.3. The number of unbranched alkanes of at least 4 members (excludes halogenated alkanes) is 12. The third-order valence-electron chi connectivity index (χ3n) is 11.7. The van der Waals surface area contributed by atoms with Crippen LogP contribution in [0.15, 0.2) is 0 Å². The van der Waals surface area contributed by atoms with Gasteiger partial charge in [-0.1, -0.05) is 145 Å². The molecule has 5 heteroatoms. The van der Waals surface area contributed by atoms with Crippen LogP contribution in [0.2, 0.25) is 0 Å². The summed E-state index contributed by atoms with van der Waals surface area (Å²) in [6, 6.07) is 0. The molecule has 0 spiro atoms. The molecule has 1 rings (SSSR count). The highest BCUT2D eigenvalue weighted by Gasteiger charge is 2.19. The van der Waals surface area contributed by atoms with Gasteiger partial charge in [-0.15, -0.1) is 0 Å². The van der Waals surface area contributed by atoms with E-state index < -0.39 is 0 Å². The fourth-order valence-electron chi connectivity index (χ4n) is 7.69. The maximum atomic E-state index is 12.3. The van der Waals surface area contributed by atoms with Crippen LogP contribution in [0.5, 0.6) is 0 Å². The molecule has 51 heavy (non-hydrogen) atoms. The average molecular weight is 720 g/mol. The Hall–Kier alpha value is -1.10. The Morgan fingerprint density at radius 3 is 1.18 bits per heavy atom. The minimum absolute atomic E-state index is 0.00571. The molecular weight excluding hydrogens is 631 g/mol. The van der Waals surface area contributed by atoms with Crippen LogP contribution in [-0.2, 0) is 19.1 Å². The number of carbonyl (C=O) groups is 2. The Morgan fingerprint density at radius 2 is 0.824 bits per heavy atom. The largest absolute Gasteiger partial charge is 0.465 e. The van der Waals surface area contributed by atoms with E-state index >= 15 is 0 Å². The molecular formula is C46H89NO4. The van der Waals surface area contributed by atoms with Crippen molar-refractivity contribution in [3.8, 4) is 0 Å². The van der Waals surface area contributed by atoms with Gasteiger partial charge in [0.25, 0.3) is 0 Å². The summed E-state index contributed by atoms with van der Waals surface area (Å²) in [4.78, 5) is 27.3. The average Bonchev–Trinajstić information content (AvgIpc) is 3.59. The molecule has 0 saturated carbocycles. The summed E-state index contributed by atoms with van der Waals surface area (Å²) in [5.41, 5.74) is 0. The highest BCUT2D eigenvalue weighted by molar-refractivity contribution is 5.69. The van der Waals surface area contributed by atoms with E-state index in [4.69, 9.17) is 9.47 Å². The number of esters is 2. The molecule has 5 nitrogen and oxygen atoms in total. The number of nitrogens with zero attached hydrogens (tertiary/aromatic N) is 1. The topological polar surface area (TPSA) is 55.8 Å². The summed E-state index contributed by atoms with van der Waals surface area (Å²) in [6.45, 7) is 23.2. The van der Waals surface area contributed by atoms with Gasteiger partial charge in [0.2, 0.25) is 0 Å². The summed E-state index contributed by atoms with van der Waals surface area (Å²) in [5, 5.41) is 0. The van der Waals surface area contributed by atoms with Crippen molar-refractivity contribution in [3.05, 3.63) is 0 Å². The molecule has 2 atom stereocenters. The van der Waals surface area contributed by atoms with Crippen molar-refractivity contribution in [2.24, 2.45) is 41.4 Å². The van der Waals surface area contributed by atoms with Crippen molar-refractivity contribution in [2.75, 3.05) is 32.8 Å². The van der Waals surface area contributed by atoms with Gasteiger partial charge >= 0.3 is 11.9 Å². The molecule has 0 bridgehead atoms. The number of hydrogen-bond acceptors (Lipinski definition) is 5. The fraction of sp³-hybridized carbons (Fsp3) is 0.957. The van der Waals surface area contributed by atoms with Crippen LogP contribution < -0.4 is 0 Å². The van der Waals surface area contributed by atoms with Gasteiger partial charge in [-0.05, 0) is 106 Å². The van der Waals surface area contributed by atoms with E-state index in [1.165, 1.54) is 122 Å². The van der Waals surface area contributed by atoms with Gasteiger partial charge in [-0.25, -0.2) is 0 Å². The molecule has 1 heterocycles. The van der Waals surface area contributed by atoms with Gasteiger partial charge in [0.1, 0.15) is 0 Å². The highest BCUT2D eigenvalue weighted by Crippen LogP contribution is 2.24. The normalized spacial score (nSPS) is 15.7. The minimum atomic E-state index is 0.00571. The zero-order valence-corrected chi connectivity index (χ0v) is 35.6. The first-order chi connectivity index (χ1) is 24.5. The second-order valence-electron chi connectivity index (χ2n) is 18.2. The van der Waals surface area contributed by atoms with E-state index in [1.807, 2.05) is 0 Å². The SMILES string of the molecule is CC(C)CCC(COC(=O)CCCCCCCCCC(CCCCCCCCCC(=O)OCC(CCC(C)C)C(C)C)CN1CCCC1)C(C)C. The van der Waals surface area contributed by atoms with Crippen LogP contribution in [0, 0.1) is 41.4 Å². The Labute approximate surface area is 318 Å². The summed E-state index contributed by atoms with van der Waals surface area (Å²) in [7, 11) is 0. The maximum Gasteiger partial charge on any atom is 0.305 e. The zero-order valence-electron chi connectivity index (χ0n) is 35.6. The lowest BCUT2D eigenvalue weighted by molar-refractivity contribution is -0.146. The van der Waals surface area contributed by atoms with E-state index in [-0.39, 0.29) is 11.9 Å². The number of rotatable bonds is 34. The van der Waals surface area contributed by atoms with E-state index in [2.05, 4.69) is 60.3 Å². The monoisotopic (exact) mass is 720 g/mol. The molecule has 1 aliphatic heterocycles. The smallest absolute Gasteiger partial charge is 0.305 e. The van der Waals surface area contributed by atoms with Gasteiger partial charge in [0.15, 0.2) is 0 Å². The number of hydrogen-bond donors (Lipinski definition) is 0. The lowest BCUT2D eigenvalue weighted by Crippen LogP contribution is -2.26. The van der Waals surface area contributed by atoms with E-state index in [0.29, 0.717) is 61.6 Å². The molecule has 302 valence electrons. The van der Waals surface area contributed by atoms with Crippen LogP contribution in [-0.4, -0.2) is 49.7 Å². The third-order valence-corrected chi connectivity index (χ3v) is 11.7. The maximum absolute atomic E-state index is 12.3. The van der Waals surface area contributed by atoms with Crippen molar-refractivity contribution in [3.63, 3.8) is 0 Å². The summed E-state index contributed by atoms with van der Waals surface area (Å²) in [5.74, 6) is 4.40. The number of carbonyl (C=O) groups excluding carboxylic acids is 2. The molecule has 0 aliphatic carbocycles. The lowest BCUT2D eigenvalue weighted by Gasteiger charge is -2.23. The molecule has 1 fully saturated rings. The second-order valence-corrected chi connectivity index (χ2v) is 18.2. The molecule has 2 unspecified atom stereocenters. The van der Waals surface area contributed by atoms with E-state index in [1.54, 1.807) is 0 Å². The Balaban J connectivity index is 2.10. The van der Waals surface area contributed by atoms with E-state index in [9.17, 15) is 9.59 Å². The third kappa shape index (κ3) is 28.1. The summed E-state index contributed by atoms with van der Waals surface area (Å²) >= 11 is 0. The van der Waals surface area contributed by atoms with Crippen molar-refractivity contribution in [2.45, 2.75) is 209 Å². The Bertz CT molecular complexity index is 760. The van der Waals surface area contributed by atoms with Gasteiger partial charge in [-0.3, -0.25) is 9.59 Å². The van der Waals surface area contributed by atoms with Gasteiger partial charge in [0, 0.05) is 19.4 Å². The Morgan fingerprint density at radius 1 is 0.471 bits per heavy atom. The van der Waals surface area contributed by atoms with Crippen molar-refractivity contribution >= 4 is 11.9 Å². The van der Waals surface area contributed by atoms with Crippen LogP contribution >= 0.6 is 0 Å². The van der Waals surface area contributed by atoms with Crippen molar-refractivity contribution in [1.29, 1.82) is 0 Å². The second kappa shape index (κ2) is 31.3. The molecule has 0 aromatic carbocycles. The summed E-state index contributed by atoms with van der Waals surface area (Å²) in [6.07, 6.45) is 28.9. The molecule has 0 aromatic heterocycles. The Kier molecular flexibility index (Phi) is 29.4. The first-order valence-electron chi connectivity index (χ1n) is 22.5. The van der Waals surface area contributed by atoms with Crippen molar-refractivity contribution in [1.82, 2.24) is 4.90 Å². The predicted octanol–water partition coefficient (Wildman–Crippen LogP) is 13.2. The number of likely N-dealkylation sites (tertiary alicyclic amines) is 1. The van der Waals surface area contributed by atoms with Gasteiger partial charge in [-0.2, -0.15) is 0 Å². The molecule has 1 aliphatic rings. The van der Waals surface area contributed by atoms with Crippen LogP contribution in [0.4, 0.5) is 0 Å². The quantitative estimate of drug-likeness (QED) is 0.0489. The van der Waals surface area contributed by atoms with Crippen LogP contribution in [0.25, 0.3) is 0 Å².